The number of ether oxygens (including phenoxy) is 2. The zero-order valence-electron chi connectivity index (χ0n) is 19.2. The van der Waals surface area contributed by atoms with E-state index in [1.54, 1.807) is 20.1 Å². The molecule has 0 radical (unpaired) electrons. The van der Waals surface area contributed by atoms with Crippen LogP contribution < -0.4 is 15.0 Å². The summed E-state index contributed by atoms with van der Waals surface area (Å²) in [5, 5.41) is 2.94. The molecule has 7 heteroatoms. The zero-order valence-corrected chi connectivity index (χ0v) is 19.2. The van der Waals surface area contributed by atoms with E-state index >= 15 is 0 Å². The maximum atomic E-state index is 13.1. The van der Waals surface area contributed by atoms with Gasteiger partial charge >= 0.3 is 0 Å². The monoisotopic (exact) mass is 427 g/mol. The van der Waals surface area contributed by atoms with Crippen molar-refractivity contribution in [1.82, 2.24) is 5.32 Å². The maximum absolute atomic E-state index is 13.1. The van der Waals surface area contributed by atoms with Gasteiger partial charge in [0.1, 0.15) is 5.75 Å². The molecule has 168 valence electrons. The smallest absolute Gasteiger partial charge is 0.254 e. The number of dihydropyridines is 1. The van der Waals surface area contributed by atoms with E-state index in [0.717, 1.165) is 49.4 Å². The molecule has 3 rings (SSSR count). The van der Waals surface area contributed by atoms with Crippen molar-refractivity contribution in [3.05, 3.63) is 34.9 Å². The Bertz CT molecular complexity index is 900. The van der Waals surface area contributed by atoms with Crippen LogP contribution in [-0.4, -0.2) is 57.0 Å². The number of nitrogens with zero attached hydrogens (tertiary/aromatic N) is 2. The van der Waals surface area contributed by atoms with Crippen molar-refractivity contribution in [1.29, 1.82) is 0 Å². The molecule has 0 saturated carbocycles. The van der Waals surface area contributed by atoms with Crippen LogP contribution in [0.5, 0.6) is 5.75 Å². The number of allylic oxidation sites excluding steroid dienone is 1. The van der Waals surface area contributed by atoms with Crippen molar-refractivity contribution in [3.63, 3.8) is 0 Å². The fourth-order valence-corrected chi connectivity index (χ4v) is 4.39. The number of hydrogen-bond acceptors (Lipinski definition) is 5. The summed E-state index contributed by atoms with van der Waals surface area (Å²) < 4.78 is 11.0. The highest BCUT2D eigenvalue weighted by Gasteiger charge is 2.27. The molecule has 1 fully saturated rings. The van der Waals surface area contributed by atoms with Crippen molar-refractivity contribution < 1.29 is 19.1 Å². The summed E-state index contributed by atoms with van der Waals surface area (Å²) in [7, 11) is 1.61. The van der Waals surface area contributed by atoms with Crippen molar-refractivity contribution >= 4 is 23.2 Å². The molecule has 1 saturated heterocycles. The lowest BCUT2D eigenvalue weighted by molar-refractivity contribution is -0.120. The van der Waals surface area contributed by atoms with E-state index in [1.165, 1.54) is 0 Å². The Morgan fingerprint density at radius 3 is 2.58 bits per heavy atom. The average Bonchev–Trinajstić information content (AvgIpc) is 2.75. The van der Waals surface area contributed by atoms with Crippen LogP contribution >= 0.6 is 0 Å². The minimum absolute atomic E-state index is 0.211. The molecule has 1 unspecified atom stereocenters. The molecular formula is C24H33N3O4. The molecule has 2 amide bonds. The number of amides is 2. The minimum atomic E-state index is -0.424. The van der Waals surface area contributed by atoms with Gasteiger partial charge in [-0.2, -0.15) is 0 Å². The van der Waals surface area contributed by atoms with Crippen LogP contribution in [0.2, 0.25) is 0 Å². The van der Waals surface area contributed by atoms with Gasteiger partial charge in [0, 0.05) is 55.4 Å². The molecule has 2 heterocycles. The largest absolute Gasteiger partial charge is 0.497 e. The molecule has 1 atom stereocenters. The van der Waals surface area contributed by atoms with Gasteiger partial charge in [0.15, 0.2) is 0 Å². The lowest BCUT2D eigenvalue weighted by Gasteiger charge is -2.36. The first-order valence-corrected chi connectivity index (χ1v) is 10.9. The Labute approximate surface area is 184 Å². The second-order valence-corrected chi connectivity index (χ2v) is 8.19. The molecule has 2 aliphatic rings. The van der Waals surface area contributed by atoms with E-state index in [1.807, 2.05) is 26.0 Å². The van der Waals surface area contributed by atoms with Crippen LogP contribution in [0.25, 0.3) is 0 Å². The fraction of sp³-hybridized carbons (Fsp3) is 0.542. The second-order valence-electron chi connectivity index (χ2n) is 8.19. The quantitative estimate of drug-likeness (QED) is 0.722. The summed E-state index contributed by atoms with van der Waals surface area (Å²) in [6.45, 7) is 10.3. The van der Waals surface area contributed by atoms with E-state index in [4.69, 9.17) is 9.47 Å². The molecule has 1 aromatic carbocycles. The average molecular weight is 428 g/mol. The first-order chi connectivity index (χ1) is 14.8. The molecule has 31 heavy (non-hydrogen) atoms. The van der Waals surface area contributed by atoms with E-state index in [-0.39, 0.29) is 18.4 Å². The predicted molar refractivity (Wildman–Crippen MR) is 122 cm³/mol. The number of rotatable bonds is 7. The van der Waals surface area contributed by atoms with E-state index < -0.39 is 5.92 Å². The van der Waals surface area contributed by atoms with Crippen LogP contribution in [0.15, 0.2) is 28.8 Å². The molecule has 0 aliphatic carbocycles. The zero-order chi connectivity index (χ0) is 22.5. The highest BCUT2D eigenvalue weighted by Crippen LogP contribution is 2.32. The summed E-state index contributed by atoms with van der Waals surface area (Å²) in [5.41, 5.74) is 4.08. The van der Waals surface area contributed by atoms with Gasteiger partial charge in [0.2, 0.25) is 0 Å². The normalized spacial score (nSPS) is 19.5. The topological polar surface area (TPSA) is 80.2 Å². The number of carbonyl (C=O) groups excluding carboxylic acids is 2. The highest BCUT2D eigenvalue weighted by atomic mass is 16.5. The van der Waals surface area contributed by atoms with Crippen molar-refractivity contribution in [2.24, 2.45) is 10.9 Å². The highest BCUT2D eigenvalue weighted by molar-refractivity contribution is 6.06. The molecule has 1 N–H and O–H groups in total. The first-order valence-electron chi connectivity index (χ1n) is 10.9. The summed E-state index contributed by atoms with van der Waals surface area (Å²) in [4.78, 5) is 31.8. The number of nitrogens with one attached hydrogen (secondary N) is 1. The van der Waals surface area contributed by atoms with Gasteiger partial charge in [-0.25, -0.2) is 4.99 Å². The lowest BCUT2D eigenvalue weighted by Crippen LogP contribution is -2.40. The van der Waals surface area contributed by atoms with Gasteiger partial charge in [0.25, 0.3) is 11.8 Å². The second kappa shape index (κ2) is 10.1. The van der Waals surface area contributed by atoms with Crippen LogP contribution in [-0.2, 0) is 9.53 Å². The van der Waals surface area contributed by atoms with Crippen LogP contribution in [0.1, 0.15) is 49.5 Å². The van der Waals surface area contributed by atoms with Gasteiger partial charge in [-0.15, -0.1) is 0 Å². The van der Waals surface area contributed by atoms with Gasteiger partial charge in [-0.1, -0.05) is 5.57 Å². The number of carbonyl (C=O) groups is 2. The molecule has 0 aromatic heterocycles. The number of methoxy groups -OCH3 is 1. The Morgan fingerprint density at radius 2 is 1.97 bits per heavy atom. The third-order valence-electron chi connectivity index (χ3n) is 6.15. The third kappa shape index (κ3) is 5.15. The van der Waals surface area contributed by atoms with Gasteiger partial charge in [-0.05, 0) is 58.2 Å². The van der Waals surface area contributed by atoms with Crippen molar-refractivity contribution in [2.45, 2.75) is 46.6 Å². The summed E-state index contributed by atoms with van der Waals surface area (Å²) in [5.74, 6) is -0.209. The van der Waals surface area contributed by atoms with E-state index in [9.17, 15) is 9.59 Å². The van der Waals surface area contributed by atoms with E-state index in [2.05, 4.69) is 22.1 Å². The minimum Gasteiger partial charge on any atom is -0.497 e. The summed E-state index contributed by atoms with van der Waals surface area (Å²) in [6.07, 6.45) is 3.81. The van der Waals surface area contributed by atoms with Crippen LogP contribution in [0, 0.1) is 12.8 Å². The van der Waals surface area contributed by atoms with Crippen LogP contribution in [0.4, 0.5) is 5.69 Å². The third-order valence-corrected chi connectivity index (χ3v) is 6.15. The predicted octanol–water partition coefficient (Wildman–Crippen LogP) is 3.30. The standard InChI is InChI=1S/C24H33N3O4/c1-6-27(18-7-9-31-10-8-18)22-13-19(30-5)12-20(17(22)4)23(28)25-14-21-15(2)11-16(3)26-24(21)29/h11-13,18,21H,6-10,14H2,1-5H3,(H,25,28). The number of hydrogen-bond donors (Lipinski definition) is 1. The van der Waals surface area contributed by atoms with E-state index in [0.29, 0.717) is 23.1 Å². The molecule has 7 nitrogen and oxygen atoms in total. The SMILES string of the molecule is CCN(c1cc(OC)cc(C(=O)NCC2C(=O)N=C(C)C=C2C)c1C)C1CCOCC1. The molecule has 1 aromatic rings. The fourth-order valence-electron chi connectivity index (χ4n) is 4.39. The Hall–Kier alpha value is -2.67. The number of anilines is 1. The maximum Gasteiger partial charge on any atom is 0.254 e. The number of benzene rings is 1. The molecule has 2 aliphatic heterocycles. The lowest BCUT2D eigenvalue weighted by atomic mass is 9.95. The summed E-state index contributed by atoms with van der Waals surface area (Å²) >= 11 is 0. The van der Waals surface area contributed by atoms with Gasteiger partial charge < -0.3 is 19.7 Å². The van der Waals surface area contributed by atoms with Crippen molar-refractivity contribution in [2.75, 3.05) is 38.3 Å². The van der Waals surface area contributed by atoms with Gasteiger partial charge in [-0.3, -0.25) is 9.59 Å². The van der Waals surface area contributed by atoms with Crippen molar-refractivity contribution in [3.8, 4) is 5.75 Å². The molecule has 0 spiro atoms. The molecular weight excluding hydrogens is 394 g/mol. The Kier molecular flexibility index (Phi) is 7.49. The first kappa shape index (κ1) is 23.0. The Balaban J connectivity index is 1.83. The molecule has 0 bridgehead atoms. The number of aliphatic imine (C=N–C) groups is 1. The summed E-state index contributed by atoms with van der Waals surface area (Å²) in [6, 6.07) is 4.13. The van der Waals surface area contributed by atoms with Crippen LogP contribution in [0.3, 0.4) is 0 Å². The van der Waals surface area contributed by atoms with Gasteiger partial charge in [0.05, 0.1) is 13.0 Å². The Morgan fingerprint density at radius 1 is 1.26 bits per heavy atom.